The number of benzene rings is 2. The summed E-state index contributed by atoms with van der Waals surface area (Å²) in [4.78, 5) is 51.0. The number of amides is 1. The van der Waals surface area contributed by atoms with Crippen LogP contribution in [0.25, 0.3) is 5.69 Å². The number of nitrogens with two attached hydrogens (primary N) is 1. The van der Waals surface area contributed by atoms with Crippen molar-refractivity contribution in [1.82, 2.24) is 24.0 Å². The van der Waals surface area contributed by atoms with Gasteiger partial charge in [-0.2, -0.15) is 0 Å². The minimum Gasteiger partial charge on any atom is -0.453 e. The minimum atomic E-state index is -0.947. The summed E-state index contributed by atoms with van der Waals surface area (Å²) in [6.45, 7) is 5.03. The lowest BCUT2D eigenvalue weighted by Gasteiger charge is -2.24. The second-order valence-electron chi connectivity index (χ2n) is 10.9. The number of morpholine rings is 1. The normalized spacial score (nSPS) is 13.0. The Morgan fingerprint density at radius 3 is 2.59 bits per heavy atom. The highest BCUT2D eigenvalue weighted by Crippen LogP contribution is 2.30. The summed E-state index contributed by atoms with van der Waals surface area (Å²) in [5, 5.41) is 5.03. The van der Waals surface area contributed by atoms with Crippen molar-refractivity contribution in [2.45, 2.75) is 13.5 Å². The number of carbonyl (C=O) groups excluding carboxylic acids is 1. The highest BCUT2D eigenvalue weighted by molar-refractivity contribution is 7.09. The summed E-state index contributed by atoms with van der Waals surface area (Å²) in [7, 11) is 0. The number of aryl methyl sites for hydroxylation is 1. The molecule has 12 nitrogen and oxygen atoms in total. The van der Waals surface area contributed by atoms with Crippen LogP contribution in [0.5, 0.6) is 11.5 Å². The Morgan fingerprint density at radius 2 is 1.88 bits per heavy atom. The monoisotopic (exact) mass is 685 g/mol. The fourth-order valence-corrected chi connectivity index (χ4v) is 5.60. The summed E-state index contributed by atoms with van der Waals surface area (Å²) in [6.07, 6.45) is 2.54. The number of nitrogens with zero attached hydrogens (tertiary/aromatic N) is 5. The molecule has 0 radical (unpaired) electrons. The van der Waals surface area contributed by atoms with Gasteiger partial charge < -0.3 is 20.5 Å². The fraction of sp³-hybridized carbons (Fsp3) is 0.206. The van der Waals surface area contributed by atoms with E-state index in [0.29, 0.717) is 31.0 Å². The molecule has 2 aromatic carbocycles. The Bertz CT molecular complexity index is 2200. The maximum absolute atomic E-state index is 15.3. The number of hydrogen-bond donors (Lipinski definition) is 2. The number of thiazole rings is 1. The zero-order chi connectivity index (χ0) is 34.5. The lowest BCUT2D eigenvalue weighted by molar-refractivity contribution is 0.0443. The highest BCUT2D eigenvalue weighted by atomic mass is 32.1. The molecule has 1 amide bonds. The number of aromatic nitrogens is 4. The number of halogens is 2. The predicted molar refractivity (Wildman–Crippen MR) is 179 cm³/mol. The number of nitrogens with one attached hydrogen (secondary N) is 1. The van der Waals surface area contributed by atoms with E-state index in [-0.39, 0.29) is 35.2 Å². The molecule has 5 aromatic rings. The van der Waals surface area contributed by atoms with Crippen LogP contribution in [0.15, 0.2) is 75.9 Å². The molecule has 0 spiro atoms. The van der Waals surface area contributed by atoms with Gasteiger partial charge in [0, 0.05) is 48.7 Å². The molecule has 0 aliphatic carbocycles. The number of rotatable bonds is 8. The van der Waals surface area contributed by atoms with E-state index < -0.39 is 34.4 Å². The van der Waals surface area contributed by atoms with Crippen LogP contribution in [-0.4, -0.2) is 62.8 Å². The molecular weight excluding hydrogens is 656 g/mol. The Hall–Kier alpha value is -5.69. The lowest BCUT2D eigenvalue weighted by atomic mass is 10.2. The molecule has 15 heteroatoms. The van der Waals surface area contributed by atoms with Crippen LogP contribution in [-0.2, 0) is 11.3 Å². The predicted octanol–water partition coefficient (Wildman–Crippen LogP) is 3.80. The van der Waals surface area contributed by atoms with Crippen LogP contribution in [0.3, 0.4) is 0 Å². The van der Waals surface area contributed by atoms with Crippen molar-refractivity contribution in [3.05, 3.63) is 121 Å². The van der Waals surface area contributed by atoms with Crippen molar-refractivity contribution in [2.75, 3.05) is 43.9 Å². The van der Waals surface area contributed by atoms with Crippen LogP contribution in [0.2, 0.25) is 0 Å². The van der Waals surface area contributed by atoms with E-state index in [9.17, 15) is 18.8 Å². The topological polar surface area (TPSA) is 147 Å². The van der Waals surface area contributed by atoms with Gasteiger partial charge in [-0.15, -0.1) is 11.3 Å². The maximum Gasteiger partial charge on any atom is 0.336 e. The van der Waals surface area contributed by atoms with Gasteiger partial charge in [0.1, 0.15) is 28.5 Å². The minimum absolute atomic E-state index is 0.00947. The third-order valence-corrected chi connectivity index (χ3v) is 8.28. The average Bonchev–Trinajstić information content (AvgIpc) is 3.50. The molecule has 49 heavy (non-hydrogen) atoms. The van der Waals surface area contributed by atoms with E-state index in [1.807, 2.05) is 0 Å². The number of carbonyl (C=O) groups is 1. The zero-order valence-corrected chi connectivity index (χ0v) is 26.9. The van der Waals surface area contributed by atoms with Crippen molar-refractivity contribution in [3.8, 4) is 29.0 Å². The van der Waals surface area contributed by atoms with Crippen molar-refractivity contribution in [2.24, 2.45) is 0 Å². The summed E-state index contributed by atoms with van der Waals surface area (Å²) < 4.78 is 42.1. The molecule has 0 atom stereocenters. The van der Waals surface area contributed by atoms with Gasteiger partial charge in [0.05, 0.1) is 42.7 Å². The van der Waals surface area contributed by atoms with E-state index in [0.717, 1.165) is 51.6 Å². The van der Waals surface area contributed by atoms with Gasteiger partial charge in [0.15, 0.2) is 11.6 Å². The molecule has 0 bridgehead atoms. The maximum atomic E-state index is 15.3. The molecule has 250 valence electrons. The number of ether oxygens (including phenoxy) is 2. The summed E-state index contributed by atoms with van der Waals surface area (Å²) in [5.41, 5.74) is 4.85. The third-order valence-electron chi connectivity index (χ3n) is 7.46. The second-order valence-corrected chi connectivity index (χ2v) is 12.0. The molecule has 1 saturated heterocycles. The molecule has 0 unspecified atom stereocenters. The van der Waals surface area contributed by atoms with Crippen LogP contribution in [0, 0.1) is 30.4 Å². The van der Waals surface area contributed by atoms with Crippen molar-refractivity contribution in [1.29, 1.82) is 0 Å². The van der Waals surface area contributed by atoms with Crippen LogP contribution >= 0.6 is 11.3 Å². The first-order valence-electron chi connectivity index (χ1n) is 15.0. The molecule has 1 aliphatic heterocycles. The standard InChI is InChI=1S/C34H29F2N7O5S/c1-21-39-24(20-49-21)18-42-19-27(33(45)43(34(42)46)25-7-4-22(35)5-8-25)32(44)40-23-6-9-30(28(36)17-23)48-29-10-11-38-31(37)26(29)3-2-12-41-13-15-47-16-14-41/h4-11,17,19-20H,12-16,18H2,1H3,(H2,37,38)(H,40,44). The summed E-state index contributed by atoms with van der Waals surface area (Å²) in [5.74, 6) is 3.86. The Balaban J connectivity index is 1.25. The van der Waals surface area contributed by atoms with Crippen molar-refractivity contribution in [3.63, 3.8) is 0 Å². The molecule has 3 aromatic heterocycles. The zero-order valence-electron chi connectivity index (χ0n) is 26.1. The Labute approximate surface area is 282 Å². The number of hydrogen-bond acceptors (Lipinski definition) is 10. The largest absolute Gasteiger partial charge is 0.453 e. The average molecular weight is 686 g/mol. The first-order valence-corrected chi connectivity index (χ1v) is 15.9. The Kier molecular flexibility index (Phi) is 9.90. The second kappa shape index (κ2) is 14.6. The van der Waals surface area contributed by atoms with Gasteiger partial charge in [-0.1, -0.05) is 11.8 Å². The van der Waals surface area contributed by atoms with Crippen molar-refractivity contribution < 1.29 is 23.0 Å². The van der Waals surface area contributed by atoms with Crippen LogP contribution < -0.4 is 27.0 Å². The quantitative estimate of drug-likeness (QED) is 0.233. The molecule has 3 N–H and O–H groups in total. The smallest absolute Gasteiger partial charge is 0.336 e. The SMILES string of the molecule is Cc1nc(Cn2cc(C(=O)Nc3ccc(Oc4ccnc(N)c4C#CCN4CCOCC4)c(F)c3)c(=O)n(-c3ccc(F)cc3)c2=O)cs1. The molecule has 0 saturated carbocycles. The van der Waals surface area contributed by atoms with Crippen LogP contribution in [0.4, 0.5) is 20.3 Å². The Morgan fingerprint density at radius 1 is 1.10 bits per heavy atom. The molecule has 1 fully saturated rings. The van der Waals surface area contributed by atoms with Gasteiger partial charge in [-0.25, -0.2) is 28.1 Å². The first-order chi connectivity index (χ1) is 23.7. The van der Waals surface area contributed by atoms with Crippen LogP contribution in [0.1, 0.15) is 26.6 Å². The van der Waals surface area contributed by atoms with Gasteiger partial charge >= 0.3 is 5.69 Å². The van der Waals surface area contributed by atoms with E-state index >= 15 is 4.39 Å². The molecular formula is C34H29F2N7O5S. The summed E-state index contributed by atoms with van der Waals surface area (Å²) in [6, 6.07) is 9.91. The summed E-state index contributed by atoms with van der Waals surface area (Å²) >= 11 is 1.38. The number of pyridine rings is 1. The molecule has 1 aliphatic rings. The van der Waals surface area contributed by atoms with E-state index in [4.69, 9.17) is 15.2 Å². The molecule has 4 heterocycles. The van der Waals surface area contributed by atoms with Gasteiger partial charge in [0.25, 0.3) is 11.5 Å². The first kappa shape index (κ1) is 33.2. The van der Waals surface area contributed by atoms with Gasteiger partial charge in [0.2, 0.25) is 0 Å². The van der Waals surface area contributed by atoms with E-state index in [1.54, 1.807) is 12.3 Å². The van der Waals surface area contributed by atoms with Gasteiger partial charge in [-0.05, 0) is 43.3 Å². The third kappa shape index (κ3) is 7.73. The van der Waals surface area contributed by atoms with E-state index in [1.165, 1.54) is 47.9 Å². The fourth-order valence-electron chi connectivity index (χ4n) is 4.99. The number of nitrogen functional groups attached to an aromatic ring is 1. The van der Waals surface area contributed by atoms with E-state index in [2.05, 4.69) is 32.0 Å². The molecule has 6 rings (SSSR count). The highest BCUT2D eigenvalue weighted by Gasteiger charge is 2.21. The number of anilines is 2. The van der Waals surface area contributed by atoms with Gasteiger partial charge in [-0.3, -0.25) is 19.1 Å². The van der Waals surface area contributed by atoms with Crippen molar-refractivity contribution >= 4 is 28.7 Å². The lowest BCUT2D eigenvalue weighted by Crippen LogP contribution is -2.42.